The second-order valence-corrected chi connectivity index (χ2v) is 6.08. The summed E-state index contributed by atoms with van der Waals surface area (Å²) in [5.74, 6) is 0.304. The summed E-state index contributed by atoms with van der Waals surface area (Å²) < 4.78 is 24.7. The Bertz CT molecular complexity index is 436. The summed E-state index contributed by atoms with van der Waals surface area (Å²) in [7, 11) is -2.96. The Hall–Kier alpha value is -0.870. The van der Waals surface area contributed by atoms with Crippen molar-refractivity contribution in [2.45, 2.75) is 19.9 Å². The van der Waals surface area contributed by atoms with Gasteiger partial charge < -0.3 is 0 Å². The lowest BCUT2D eigenvalue weighted by Gasteiger charge is -2.14. The first-order chi connectivity index (χ1) is 7.08. The standard InChI is InChI=1S/C11H15NO2S/c1-10-3-5-11(6-4-10)9-12-7-2-8-15(12,13)14/h3-6H,2,7-9H2,1H3. The molecule has 1 heterocycles. The molecule has 1 aromatic rings. The molecule has 0 saturated carbocycles. The van der Waals surface area contributed by atoms with E-state index in [0.717, 1.165) is 12.0 Å². The van der Waals surface area contributed by atoms with Crippen molar-refractivity contribution in [3.05, 3.63) is 35.4 Å². The number of benzene rings is 1. The molecule has 1 aromatic carbocycles. The van der Waals surface area contributed by atoms with E-state index in [1.165, 1.54) is 5.56 Å². The van der Waals surface area contributed by atoms with Crippen molar-refractivity contribution in [1.82, 2.24) is 4.31 Å². The minimum Gasteiger partial charge on any atom is -0.212 e. The summed E-state index contributed by atoms with van der Waals surface area (Å²) in [6.45, 7) is 3.20. The zero-order chi connectivity index (χ0) is 10.9. The van der Waals surface area contributed by atoms with Crippen LogP contribution in [0.25, 0.3) is 0 Å². The molecular weight excluding hydrogens is 210 g/mol. The lowest BCUT2D eigenvalue weighted by Crippen LogP contribution is -2.25. The molecule has 1 fully saturated rings. The number of rotatable bonds is 2. The van der Waals surface area contributed by atoms with E-state index in [0.29, 0.717) is 18.8 Å². The molecule has 0 amide bonds. The first-order valence-corrected chi connectivity index (χ1v) is 6.72. The Kier molecular flexibility index (Phi) is 2.80. The van der Waals surface area contributed by atoms with Crippen molar-refractivity contribution >= 4 is 10.0 Å². The van der Waals surface area contributed by atoms with Gasteiger partial charge in [0.25, 0.3) is 0 Å². The van der Waals surface area contributed by atoms with Crippen LogP contribution in [0.4, 0.5) is 0 Å². The van der Waals surface area contributed by atoms with Crippen LogP contribution in [-0.2, 0) is 16.6 Å². The van der Waals surface area contributed by atoms with Crippen LogP contribution >= 0.6 is 0 Å². The smallest absolute Gasteiger partial charge is 0.212 e. The van der Waals surface area contributed by atoms with Gasteiger partial charge in [0, 0.05) is 13.1 Å². The fourth-order valence-corrected chi connectivity index (χ4v) is 3.27. The van der Waals surface area contributed by atoms with Crippen LogP contribution in [0.3, 0.4) is 0 Å². The van der Waals surface area contributed by atoms with Crippen molar-refractivity contribution in [2.24, 2.45) is 0 Å². The molecule has 0 aliphatic carbocycles. The molecule has 4 heteroatoms. The van der Waals surface area contributed by atoms with Crippen LogP contribution in [0, 0.1) is 6.92 Å². The van der Waals surface area contributed by atoms with Crippen LogP contribution < -0.4 is 0 Å². The number of aryl methyl sites for hydroxylation is 1. The molecule has 0 unspecified atom stereocenters. The molecule has 82 valence electrons. The van der Waals surface area contributed by atoms with Gasteiger partial charge in [-0.1, -0.05) is 29.8 Å². The summed E-state index contributed by atoms with van der Waals surface area (Å²) in [6.07, 6.45) is 0.758. The third-order valence-corrected chi connectivity index (χ3v) is 4.59. The highest BCUT2D eigenvalue weighted by molar-refractivity contribution is 7.89. The molecule has 1 saturated heterocycles. The maximum absolute atomic E-state index is 11.6. The molecule has 0 bridgehead atoms. The minimum atomic E-state index is -2.96. The average molecular weight is 225 g/mol. The molecule has 15 heavy (non-hydrogen) atoms. The van der Waals surface area contributed by atoms with E-state index in [1.807, 2.05) is 31.2 Å². The normalized spacial score (nSPS) is 20.6. The highest BCUT2D eigenvalue weighted by Gasteiger charge is 2.27. The molecule has 3 nitrogen and oxygen atoms in total. The minimum absolute atomic E-state index is 0.304. The van der Waals surface area contributed by atoms with E-state index in [9.17, 15) is 8.42 Å². The Morgan fingerprint density at radius 1 is 1.27 bits per heavy atom. The van der Waals surface area contributed by atoms with Gasteiger partial charge in [0.1, 0.15) is 0 Å². The van der Waals surface area contributed by atoms with Crippen LogP contribution in [0.1, 0.15) is 17.5 Å². The molecule has 0 aromatic heterocycles. The SMILES string of the molecule is Cc1ccc(CN2CCCS2(=O)=O)cc1. The average Bonchev–Trinajstić information content (AvgIpc) is 2.50. The third-order valence-electron chi connectivity index (χ3n) is 2.68. The number of hydrogen-bond donors (Lipinski definition) is 0. The largest absolute Gasteiger partial charge is 0.214 e. The van der Waals surface area contributed by atoms with Gasteiger partial charge in [-0.3, -0.25) is 0 Å². The molecule has 2 rings (SSSR count). The topological polar surface area (TPSA) is 37.4 Å². The van der Waals surface area contributed by atoms with E-state index < -0.39 is 10.0 Å². The quantitative estimate of drug-likeness (QED) is 0.765. The second kappa shape index (κ2) is 3.94. The van der Waals surface area contributed by atoms with Gasteiger partial charge in [-0.25, -0.2) is 8.42 Å². The van der Waals surface area contributed by atoms with Crippen LogP contribution in [0.15, 0.2) is 24.3 Å². The maximum Gasteiger partial charge on any atom is 0.214 e. The van der Waals surface area contributed by atoms with Gasteiger partial charge in [0.15, 0.2) is 0 Å². The molecule has 1 aliphatic rings. The van der Waals surface area contributed by atoms with Gasteiger partial charge in [-0.2, -0.15) is 4.31 Å². The molecule has 0 atom stereocenters. The van der Waals surface area contributed by atoms with Crippen LogP contribution in [0.5, 0.6) is 0 Å². The molecule has 1 aliphatic heterocycles. The Labute approximate surface area is 90.8 Å². The Morgan fingerprint density at radius 3 is 2.47 bits per heavy atom. The van der Waals surface area contributed by atoms with Gasteiger partial charge in [0.2, 0.25) is 10.0 Å². The van der Waals surface area contributed by atoms with Crippen molar-refractivity contribution in [1.29, 1.82) is 0 Å². The zero-order valence-corrected chi connectivity index (χ0v) is 9.63. The number of hydrogen-bond acceptors (Lipinski definition) is 2. The van der Waals surface area contributed by atoms with Crippen molar-refractivity contribution < 1.29 is 8.42 Å². The summed E-state index contributed by atoms with van der Waals surface area (Å²) in [4.78, 5) is 0. The first kappa shape index (κ1) is 10.6. The second-order valence-electron chi connectivity index (χ2n) is 3.99. The summed E-state index contributed by atoms with van der Waals surface area (Å²) >= 11 is 0. The predicted molar refractivity (Wildman–Crippen MR) is 60.0 cm³/mol. The monoisotopic (exact) mass is 225 g/mol. The fraction of sp³-hybridized carbons (Fsp3) is 0.455. The molecule has 0 spiro atoms. The van der Waals surface area contributed by atoms with E-state index in [1.54, 1.807) is 4.31 Å². The Morgan fingerprint density at radius 2 is 1.93 bits per heavy atom. The van der Waals surface area contributed by atoms with Gasteiger partial charge >= 0.3 is 0 Å². The predicted octanol–water partition coefficient (Wildman–Crippen LogP) is 1.53. The maximum atomic E-state index is 11.6. The lowest BCUT2D eigenvalue weighted by molar-refractivity contribution is 0.440. The lowest BCUT2D eigenvalue weighted by atomic mass is 10.1. The van der Waals surface area contributed by atoms with Gasteiger partial charge in [0.05, 0.1) is 5.75 Å². The first-order valence-electron chi connectivity index (χ1n) is 5.11. The van der Waals surface area contributed by atoms with Crippen molar-refractivity contribution in [2.75, 3.05) is 12.3 Å². The van der Waals surface area contributed by atoms with Crippen LogP contribution in [-0.4, -0.2) is 25.0 Å². The Balaban J connectivity index is 2.12. The van der Waals surface area contributed by atoms with E-state index >= 15 is 0 Å². The summed E-state index contributed by atoms with van der Waals surface area (Å²) in [5, 5.41) is 0. The van der Waals surface area contributed by atoms with Gasteiger partial charge in [-0.15, -0.1) is 0 Å². The molecule has 0 radical (unpaired) electrons. The van der Waals surface area contributed by atoms with Crippen molar-refractivity contribution in [3.8, 4) is 0 Å². The van der Waals surface area contributed by atoms with Gasteiger partial charge in [-0.05, 0) is 18.9 Å². The zero-order valence-electron chi connectivity index (χ0n) is 8.81. The van der Waals surface area contributed by atoms with E-state index in [4.69, 9.17) is 0 Å². The van der Waals surface area contributed by atoms with E-state index in [2.05, 4.69) is 0 Å². The highest BCUT2D eigenvalue weighted by Crippen LogP contribution is 2.17. The third kappa shape index (κ3) is 2.38. The highest BCUT2D eigenvalue weighted by atomic mass is 32.2. The number of sulfonamides is 1. The summed E-state index contributed by atoms with van der Waals surface area (Å²) in [6, 6.07) is 8.00. The van der Waals surface area contributed by atoms with E-state index in [-0.39, 0.29) is 0 Å². The molecular formula is C11H15NO2S. The fourth-order valence-electron chi connectivity index (χ4n) is 1.77. The van der Waals surface area contributed by atoms with Crippen molar-refractivity contribution in [3.63, 3.8) is 0 Å². The number of nitrogens with zero attached hydrogens (tertiary/aromatic N) is 1. The summed E-state index contributed by atoms with van der Waals surface area (Å²) in [5.41, 5.74) is 2.26. The van der Waals surface area contributed by atoms with Crippen LogP contribution in [0.2, 0.25) is 0 Å². The molecule has 0 N–H and O–H groups in total.